The van der Waals surface area contributed by atoms with E-state index in [0.717, 1.165) is 32.6 Å². The number of anilines is 2. The average Bonchev–Trinajstić information content (AvgIpc) is 2.76. The van der Waals surface area contributed by atoms with Crippen molar-refractivity contribution in [3.05, 3.63) is 42.2 Å². The summed E-state index contributed by atoms with van der Waals surface area (Å²) in [6, 6.07) is 8.11. The minimum Gasteiger partial charge on any atom is -0.369 e. The van der Waals surface area contributed by atoms with Crippen molar-refractivity contribution in [2.24, 2.45) is 0 Å². The van der Waals surface area contributed by atoms with E-state index in [0.29, 0.717) is 0 Å². The zero-order valence-electron chi connectivity index (χ0n) is 18.6. The van der Waals surface area contributed by atoms with Gasteiger partial charge in [0.1, 0.15) is 0 Å². The van der Waals surface area contributed by atoms with Gasteiger partial charge in [-0.2, -0.15) is 0 Å². The molecule has 0 aliphatic carbocycles. The molecule has 1 amide bonds. The molecule has 1 aromatic carbocycles. The van der Waals surface area contributed by atoms with Gasteiger partial charge in [0.25, 0.3) is 0 Å². The molecule has 1 fully saturated rings. The van der Waals surface area contributed by atoms with Crippen LogP contribution >= 0.6 is 0 Å². The van der Waals surface area contributed by atoms with E-state index in [9.17, 15) is 13.6 Å². The second kappa shape index (κ2) is 12.6. The maximum Gasteiger partial charge on any atom is 0.0424 e. The van der Waals surface area contributed by atoms with Crippen molar-refractivity contribution < 1.29 is 21.8 Å². The topological polar surface area (TPSA) is 135 Å². The predicted molar refractivity (Wildman–Crippen MR) is 125 cm³/mol. The number of phenols is 1. The Morgan fingerprint density at radius 2 is 1.94 bits per heavy atom. The molecule has 1 saturated heterocycles. The SMILES string of the molecule is CC(=O)Nc1c(O)cccc1[As](=O)(O)O.CCCCCc1cc(N2CCNCC2)ccn1. The van der Waals surface area contributed by atoms with Gasteiger partial charge in [-0.3, -0.25) is 4.98 Å². The van der Waals surface area contributed by atoms with Gasteiger partial charge >= 0.3 is 88.1 Å². The molecule has 2 heterocycles. The first-order valence-corrected chi connectivity index (χ1v) is 14.2. The molecule has 1 aliphatic rings. The second-order valence-electron chi connectivity index (χ2n) is 7.60. The summed E-state index contributed by atoms with van der Waals surface area (Å²) in [4.78, 5) is 17.7. The molecule has 176 valence electrons. The van der Waals surface area contributed by atoms with Crippen LogP contribution in [-0.4, -0.2) is 64.5 Å². The molecule has 1 aromatic heterocycles. The molecule has 3 rings (SSSR count). The van der Waals surface area contributed by atoms with E-state index < -0.39 is 20.1 Å². The first kappa shape index (κ1) is 25.9. The Labute approximate surface area is 191 Å². The standard InChI is InChI=1S/C14H23N3.C8H10AsNO5/c1-2-3-4-5-13-12-14(6-7-16-13)17-10-8-15-9-11-17;1-5(11)10-8-6(9(13,14)15)3-2-4-7(8)12/h6-7,12,15H,2-5,8-11H2,1H3;2-4,12H,1H3,(H,10,11)(H2,13,14,15). The van der Waals surface area contributed by atoms with Crippen LogP contribution in [0, 0.1) is 0 Å². The quantitative estimate of drug-likeness (QED) is 0.214. The van der Waals surface area contributed by atoms with Crippen LogP contribution in [0.1, 0.15) is 38.8 Å². The Morgan fingerprint density at radius 1 is 1.22 bits per heavy atom. The number of benzene rings is 1. The van der Waals surface area contributed by atoms with E-state index in [1.807, 2.05) is 6.20 Å². The molecule has 0 radical (unpaired) electrons. The van der Waals surface area contributed by atoms with Gasteiger partial charge in [-0.1, -0.05) is 19.8 Å². The number of unbranched alkanes of at least 4 members (excludes halogenated alkanes) is 2. The number of amides is 1. The van der Waals surface area contributed by atoms with Gasteiger partial charge in [0.05, 0.1) is 0 Å². The van der Waals surface area contributed by atoms with Crippen molar-refractivity contribution in [1.29, 1.82) is 0 Å². The fourth-order valence-electron chi connectivity index (χ4n) is 3.35. The minimum absolute atomic E-state index is 0.225. The van der Waals surface area contributed by atoms with Crippen molar-refractivity contribution in [3.8, 4) is 5.75 Å². The summed E-state index contributed by atoms with van der Waals surface area (Å²) >= 11 is -5.14. The molecule has 9 nitrogen and oxygen atoms in total. The molecule has 5 N–H and O–H groups in total. The number of carbonyl (C=O) groups excluding carboxylic acids is 1. The Morgan fingerprint density at radius 3 is 2.56 bits per heavy atom. The Kier molecular flexibility index (Phi) is 10.3. The summed E-state index contributed by atoms with van der Waals surface area (Å²) in [7, 11) is 0. The summed E-state index contributed by atoms with van der Waals surface area (Å²) in [5.74, 6) is -0.880. The van der Waals surface area contributed by atoms with Crippen molar-refractivity contribution >= 4 is 35.8 Å². The number of aromatic nitrogens is 1. The van der Waals surface area contributed by atoms with Crippen LogP contribution in [0.3, 0.4) is 0 Å². The third-order valence-electron chi connectivity index (χ3n) is 4.95. The number of piperazine rings is 1. The summed E-state index contributed by atoms with van der Waals surface area (Å²) in [6.45, 7) is 7.82. The predicted octanol–water partition coefficient (Wildman–Crippen LogP) is 1.14. The number of hydrogen-bond acceptors (Lipinski definition) is 6. The number of nitrogens with one attached hydrogen (secondary N) is 2. The molecule has 0 bridgehead atoms. The molecule has 2 aromatic rings. The third-order valence-corrected chi connectivity index (χ3v) is 7.05. The third kappa shape index (κ3) is 8.31. The number of aromatic hydroxyl groups is 1. The van der Waals surface area contributed by atoms with Crippen molar-refractivity contribution in [2.75, 3.05) is 36.4 Å². The molecule has 10 heteroatoms. The molecule has 0 atom stereocenters. The number of aryl methyl sites for hydroxylation is 1. The number of phenolic OH excluding ortho intramolecular Hbond substituents is 1. The molecule has 0 unspecified atom stereocenters. The van der Waals surface area contributed by atoms with Gasteiger partial charge in [-0.25, -0.2) is 0 Å². The number of pyridine rings is 1. The molecule has 0 spiro atoms. The Balaban J connectivity index is 0.000000229. The molecular weight excluding hydrogens is 475 g/mol. The Hall–Kier alpha value is -2.32. The van der Waals surface area contributed by atoms with E-state index in [1.165, 1.54) is 55.8 Å². The first-order valence-electron chi connectivity index (χ1n) is 10.8. The van der Waals surface area contributed by atoms with Gasteiger partial charge in [-0.05, 0) is 25.0 Å². The summed E-state index contributed by atoms with van der Waals surface area (Å²) in [5, 5.41) is 14.9. The summed E-state index contributed by atoms with van der Waals surface area (Å²) < 4.78 is 28.8. The van der Waals surface area contributed by atoms with E-state index >= 15 is 0 Å². The molecule has 1 aliphatic heterocycles. The zero-order valence-corrected chi connectivity index (χ0v) is 20.5. The number of hydrogen-bond donors (Lipinski definition) is 5. The monoisotopic (exact) mass is 508 g/mol. The second-order valence-corrected chi connectivity index (χ2v) is 10.9. The van der Waals surface area contributed by atoms with Crippen LogP contribution in [0.25, 0.3) is 0 Å². The van der Waals surface area contributed by atoms with Crippen molar-refractivity contribution in [3.63, 3.8) is 0 Å². The Bertz CT molecular complexity index is 928. The molecular formula is C22H33AsN4O5. The van der Waals surface area contributed by atoms with Gasteiger partial charge in [0, 0.05) is 43.8 Å². The fraction of sp³-hybridized carbons (Fsp3) is 0.455. The summed E-state index contributed by atoms with van der Waals surface area (Å²) in [5.41, 5.74) is 2.36. The van der Waals surface area contributed by atoms with E-state index in [4.69, 9.17) is 8.19 Å². The fourth-order valence-corrected chi connectivity index (χ4v) is 4.91. The van der Waals surface area contributed by atoms with Gasteiger partial charge in [0.15, 0.2) is 0 Å². The first-order chi connectivity index (χ1) is 15.2. The summed E-state index contributed by atoms with van der Waals surface area (Å²) in [6.07, 6.45) is 6.91. The van der Waals surface area contributed by atoms with Crippen LogP contribution in [0.2, 0.25) is 0 Å². The smallest absolute Gasteiger partial charge is 0.0424 e. The van der Waals surface area contributed by atoms with Crippen molar-refractivity contribution in [1.82, 2.24) is 10.3 Å². The number of rotatable bonds is 7. The van der Waals surface area contributed by atoms with E-state index in [-0.39, 0.29) is 15.8 Å². The number of nitrogens with zero attached hydrogens (tertiary/aromatic N) is 2. The van der Waals surface area contributed by atoms with Crippen LogP contribution in [0.15, 0.2) is 36.5 Å². The van der Waals surface area contributed by atoms with E-state index in [2.05, 4.69) is 39.6 Å². The number of para-hydroxylation sites is 1. The van der Waals surface area contributed by atoms with Gasteiger partial charge < -0.3 is 10.2 Å². The van der Waals surface area contributed by atoms with Gasteiger partial charge in [-0.15, -0.1) is 0 Å². The van der Waals surface area contributed by atoms with Crippen LogP contribution in [-0.2, 0) is 15.0 Å². The van der Waals surface area contributed by atoms with E-state index in [1.54, 1.807) is 0 Å². The van der Waals surface area contributed by atoms with Crippen molar-refractivity contribution in [2.45, 2.75) is 39.5 Å². The molecule has 32 heavy (non-hydrogen) atoms. The normalized spacial score (nSPS) is 13.8. The minimum atomic E-state index is -5.14. The maximum atomic E-state index is 11.1. The van der Waals surface area contributed by atoms with Gasteiger partial charge in [0.2, 0.25) is 0 Å². The van der Waals surface area contributed by atoms with Crippen LogP contribution < -0.4 is 19.9 Å². The van der Waals surface area contributed by atoms with Crippen LogP contribution in [0.5, 0.6) is 5.75 Å². The van der Waals surface area contributed by atoms with Crippen LogP contribution in [0.4, 0.5) is 11.4 Å². The largest absolute Gasteiger partial charge is 0.369 e. The molecule has 0 saturated carbocycles. The zero-order chi connectivity index (χ0) is 23.6. The number of carbonyl (C=O) groups is 1. The maximum absolute atomic E-state index is 11.1. The average molecular weight is 508 g/mol.